The Morgan fingerprint density at radius 2 is 1.79 bits per heavy atom. The van der Waals surface area contributed by atoms with Crippen LogP contribution in [-0.4, -0.2) is 26.7 Å². The van der Waals surface area contributed by atoms with Crippen LogP contribution in [0.4, 0.5) is 8.78 Å². The molecule has 2 unspecified atom stereocenters. The third kappa shape index (κ3) is 2.73. The van der Waals surface area contributed by atoms with Crippen LogP contribution >= 0.6 is 0 Å². The van der Waals surface area contributed by atoms with Gasteiger partial charge in [0.15, 0.2) is 0 Å². The third-order valence-corrected chi connectivity index (χ3v) is 7.71. The van der Waals surface area contributed by atoms with Gasteiger partial charge in [0.2, 0.25) is 0 Å². The molecule has 1 aromatic heterocycles. The minimum Gasteiger partial charge on any atom is -0.386 e. The Bertz CT molecular complexity index is 802. The van der Waals surface area contributed by atoms with E-state index >= 15 is 8.78 Å². The van der Waals surface area contributed by atoms with Crippen molar-refractivity contribution in [1.29, 1.82) is 0 Å². The zero-order chi connectivity index (χ0) is 19.5. The van der Waals surface area contributed by atoms with Gasteiger partial charge in [-0.3, -0.25) is 0 Å². The van der Waals surface area contributed by atoms with E-state index in [0.29, 0.717) is 29.0 Å². The molecule has 0 saturated heterocycles. The Morgan fingerprint density at radius 3 is 2.43 bits per heavy atom. The minimum atomic E-state index is -3.24. The molecule has 5 heteroatoms. The van der Waals surface area contributed by atoms with Crippen molar-refractivity contribution in [3.63, 3.8) is 0 Å². The van der Waals surface area contributed by atoms with Crippen LogP contribution < -0.4 is 0 Å². The summed E-state index contributed by atoms with van der Waals surface area (Å²) < 4.78 is 33.4. The van der Waals surface area contributed by atoms with Crippen LogP contribution in [0, 0.1) is 23.2 Å². The maximum Gasteiger partial charge on any atom is 0.294 e. The van der Waals surface area contributed by atoms with Crippen molar-refractivity contribution in [2.24, 2.45) is 23.2 Å². The molecule has 0 aromatic carbocycles. The Labute approximate surface area is 164 Å². The monoisotopic (exact) mass is 386 g/mol. The van der Waals surface area contributed by atoms with Gasteiger partial charge >= 0.3 is 0 Å². The lowest BCUT2D eigenvalue weighted by molar-refractivity contribution is -0.224. The van der Waals surface area contributed by atoms with Gasteiger partial charge in [0.25, 0.3) is 5.92 Å². The number of fused-ring (bicyclic) bond motifs is 1. The van der Waals surface area contributed by atoms with E-state index in [0.717, 1.165) is 19.3 Å². The van der Waals surface area contributed by atoms with Crippen LogP contribution in [0.2, 0.25) is 0 Å². The van der Waals surface area contributed by atoms with Gasteiger partial charge in [-0.15, -0.1) is 0 Å². The van der Waals surface area contributed by atoms with Crippen molar-refractivity contribution in [3.05, 3.63) is 49.1 Å². The smallest absolute Gasteiger partial charge is 0.294 e. The molecule has 1 N–H and O–H groups in total. The van der Waals surface area contributed by atoms with Crippen molar-refractivity contribution >= 4 is 5.57 Å². The van der Waals surface area contributed by atoms with E-state index in [1.165, 1.54) is 30.2 Å². The van der Waals surface area contributed by atoms with Crippen molar-refractivity contribution in [2.45, 2.75) is 63.0 Å². The standard InChI is InChI=1S/C23H28F2N2O/c1-15-5-3-2-4-6-20(27-14-26-13-19(15)27)23(24,25)21(28)22-10-16-7-17(11-22)9-18(8-16)12-22/h2-5,13-14,16-18,20-21,28H,1,6-12H2/b4-2-,5-3-. The lowest BCUT2D eigenvalue weighted by Gasteiger charge is -2.59. The predicted octanol–water partition coefficient (Wildman–Crippen LogP) is 5.17. The number of aliphatic hydroxyl groups is 1. The fourth-order valence-corrected chi connectivity index (χ4v) is 6.90. The van der Waals surface area contributed by atoms with Crippen molar-refractivity contribution in [3.8, 4) is 0 Å². The van der Waals surface area contributed by atoms with Crippen LogP contribution in [0.25, 0.3) is 5.57 Å². The van der Waals surface area contributed by atoms with Crippen LogP contribution in [0.15, 0.2) is 43.4 Å². The van der Waals surface area contributed by atoms with Gasteiger partial charge in [-0.2, -0.15) is 0 Å². The second-order valence-electron chi connectivity index (χ2n) is 9.61. The molecule has 4 saturated carbocycles. The largest absolute Gasteiger partial charge is 0.386 e. The summed E-state index contributed by atoms with van der Waals surface area (Å²) in [5.41, 5.74) is 0.604. The van der Waals surface area contributed by atoms with Crippen molar-refractivity contribution < 1.29 is 13.9 Å². The highest BCUT2D eigenvalue weighted by atomic mass is 19.3. The molecule has 4 bridgehead atoms. The number of allylic oxidation sites excluding steroid dienone is 5. The average Bonchev–Trinajstić information content (AvgIpc) is 3.12. The molecule has 3 nitrogen and oxygen atoms in total. The van der Waals surface area contributed by atoms with Crippen LogP contribution in [0.3, 0.4) is 0 Å². The molecule has 1 aliphatic heterocycles. The summed E-state index contributed by atoms with van der Waals surface area (Å²) in [6, 6.07) is -1.17. The molecule has 28 heavy (non-hydrogen) atoms. The predicted molar refractivity (Wildman–Crippen MR) is 105 cm³/mol. The number of rotatable bonds is 3. The number of nitrogens with zero attached hydrogens (tertiary/aromatic N) is 2. The van der Waals surface area contributed by atoms with Crippen LogP contribution in [-0.2, 0) is 0 Å². The first-order chi connectivity index (χ1) is 13.4. The van der Waals surface area contributed by atoms with Crippen molar-refractivity contribution in [1.82, 2.24) is 9.55 Å². The molecule has 2 heterocycles. The Morgan fingerprint density at radius 1 is 1.14 bits per heavy atom. The number of hydrogen-bond donors (Lipinski definition) is 1. The summed E-state index contributed by atoms with van der Waals surface area (Å²) in [5.74, 6) is -1.68. The zero-order valence-electron chi connectivity index (χ0n) is 16.1. The number of alkyl halides is 2. The maximum atomic E-state index is 16.0. The summed E-state index contributed by atoms with van der Waals surface area (Å²) in [5, 5.41) is 11.2. The third-order valence-electron chi connectivity index (χ3n) is 7.71. The molecule has 6 rings (SSSR count). The molecule has 0 spiro atoms. The summed E-state index contributed by atoms with van der Waals surface area (Å²) >= 11 is 0. The number of aromatic nitrogens is 2. The van der Waals surface area contributed by atoms with Gasteiger partial charge in [0, 0.05) is 5.41 Å². The van der Waals surface area contributed by atoms with Gasteiger partial charge in [-0.05, 0) is 68.3 Å². The van der Waals surface area contributed by atoms with E-state index in [-0.39, 0.29) is 6.42 Å². The van der Waals surface area contributed by atoms with Gasteiger partial charge in [-0.25, -0.2) is 13.8 Å². The van der Waals surface area contributed by atoms with E-state index in [9.17, 15) is 5.11 Å². The van der Waals surface area contributed by atoms with Crippen molar-refractivity contribution in [2.75, 3.05) is 0 Å². The molecule has 4 fully saturated rings. The molecular formula is C23H28F2N2O. The first-order valence-electron chi connectivity index (χ1n) is 10.5. The van der Waals surface area contributed by atoms with Gasteiger partial charge in [-0.1, -0.05) is 30.9 Å². The summed E-state index contributed by atoms with van der Waals surface area (Å²) in [6.45, 7) is 4.00. The highest BCUT2D eigenvalue weighted by Gasteiger charge is 2.62. The molecule has 2 atom stereocenters. The number of aliphatic hydroxyl groups excluding tert-OH is 1. The molecule has 1 aromatic rings. The van der Waals surface area contributed by atoms with Gasteiger partial charge in [0.1, 0.15) is 12.1 Å². The summed E-state index contributed by atoms with van der Waals surface area (Å²) in [7, 11) is 0. The van der Waals surface area contributed by atoms with E-state index < -0.39 is 23.5 Å². The molecule has 150 valence electrons. The first kappa shape index (κ1) is 18.3. The number of hydrogen-bond acceptors (Lipinski definition) is 2. The van der Waals surface area contributed by atoms with Crippen LogP contribution in [0.1, 0.15) is 56.7 Å². The molecular weight excluding hydrogens is 358 g/mol. The lowest BCUT2D eigenvalue weighted by atomic mass is 9.47. The van der Waals surface area contributed by atoms with E-state index in [2.05, 4.69) is 11.6 Å². The zero-order valence-corrected chi connectivity index (χ0v) is 16.1. The Balaban J connectivity index is 1.51. The van der Waals surface area contributed by atoms with E-state index in [1.54, 1.807) is 24.4 Å². The van der Waals surface area contributed by atoms with Gasteiger partial charge < -0.3 is 9.67 Å². The SMILES string of the molecule is C=C1/C=C\C=C/CC(C(F)(F)C(O)C23CC4CC(CC(C4)C2)C3)n2cncc21. The molecule has 4 aliphatic carbocycles. The fraction of sp³-hybridized carbons (Fsp3) is 0.609. The molecule has 0 radical (unpaired) electrons. The topological polar surface area (TPSA) is 38.0 Å². The van der Waals surface area contributed by atoms with E-state index in [4.69, 9.17) is 0 Å². The highest BCUT2D eigenvalue weighted by molar-refractivity contribution is 5.70. The summed E-state index contributed by atoms with van der Waals surface area (Å²) in [6.07, 6.45) is 14.5. The second kappa shape index (κ2) is 6.38. The normalized spacial score (nSPS) is 40.3. The number of halogens is 2. The second-order valence-corrected chi connectivity index (χ2v) is 9.61. The molecule has 5 aliphatic rings. The Hall–Kier alpha value is -1.75. The highest BCUT2D eigenvalue weighted by Crippen LogP contribution is 2.63. The molecule has 0 amide bonds. The van der Waals surface area contributed by atoms with E-state index in [1.807, 2.05) is 6.08 Å². The maximum absolute atomic E-state index is 16.0. The number of imidazole rings is 1. The minimum absolute atomic E-state index is 0.150. The first-order valence-corrected chi connectivity index (χ1v) is 10.5. The van der Waals surface area contributed by atoms with Crippen LogP contribution in [0.5, 0.6) is 0 Å². The quantitative estimate of drug-likeness (QED) is 0.779. The Kier molecular flexibility index (Phi) is 4.17. The fourth-order valence-electron chi connectivity index (χ4n) is 6.90. The lowest BCUT2D eigenvalue weighted by Crippen LogP contribution is -2.58. The summed E-state index contributed by atoms with van der Waals surface area (Å²) in [4.78, 5) is 4.11. The van der Waals surface area contributed by atoms with Gasteiger partial charge in [0.05, 0.1) is 18.2 Å². The average molecular weight is 386 g/mol.